The van der Waals surface area contributed by atoms with Gasteiger partial charge in [0.2, 0.25) is 11.1 Å². The number of nitrogens with one attached hydrogen (secondary N) is 1. The fourth-order valence-electron chi connectivity index (χ4n) is 1.27. The highest BCUT2D eigenvalue weighted by atomic mass is 32.2. The molecule has 0 unspecified atom stereocenters. The zero-order chi connectivity index (χ0) is 11.5. The lowest BCUT2D eigenvalue weighted by Gasteiger charge is -2.08. The monoisotopic (exact) mass is 238 g/mol. The molecule has 6 heteroatoms. The molecule has 3 N–H and O–H groups in total. The number of rotatable bonds is 3. The first-order chi connectivity index (χ1) is 7.65. The number of aromatic amines is 1. The molecule has 0 bridgehead atoms. The largest absolute Gasteiger partial charge is 0.368 e. The summed E-state index contributed by atoms with van der Waals surface area (Å²) in [7, 11) is 0. The van der Waals surface area contributed by atoms with Gasteiger partial charge in [0.15, 0.2) is 0 Å². The molecule has 0 saturated carbocycles. The van der Waals surface area contributed by atoms with E-state index in [2.05, 4.69) is 15.2 Å². The van der Waals surface area contributed by atoms with Crippen LogP contribution in [0.1, 0.15) is 17.7 Å². The molecule has 0 saturated heterocycles. The van der Waals surface area contributed by atoms with Crippen molar-refractivity contribution in [2.75, 3.05) is 5.73 Å². The first-order valence-electron chi connectivity index (χ1n) is 4.75. The smallest absolute Gasteiger partial charge is 0.216 e. The molecule has 0 spiro atoms. The topological polar surface area (TPSA) is 67.6 Å². The first kappa shape index (κ1) is 10.9. The third-order valence-corrected chi connectivity index (χ3v) is 3.12. The van der Waals surface area contributed by atoms with Gasteiger partial charge < -0.3 is 5.73 Å². The molecular weight excluding hydrogens is 227 g/mol. The molecule has 1 heterocycles. The van der Waals surface area contributed by atoms with Gasteiger partial charge in [0.1, 0.15) is 5.82 Å². The summed E-state index contributed by atoms with van der Waals surface area (Å²) in [6.07, 6.45) is 0. The molecule has 0 amide bonds. The summed E-state index contributed by atoms with van der Waals surface area (Å²) >= 11 is 1.47. The highest BCUT2D eigenvalue weighted by Gasteiger charge is 2.10. The van der Waals surface area contributed by atoms with Crippen molar-refractivity contribution in [2.45, 2.75) is 17.3 Å². The van der Waals surface area contributed by atoms with Crippen LogP contribution in [0.3, 0.4) is 0 Å². The molecular formula is C10H11FN4S. The summed E-state index contributed by atoms with van der Waals surface area (Å²) in [6, 6.07) is 6.39. The van der Waals surface area contributed by atoms with Crippen molar-refractivity contribution in [2.24, 2.45) is 0 Å². The number of anilines is 1. The maximum atomic E-state index is 12.7. The van der Waals surface area contributed by atoms with Crippen LogP contribution in [0.5, 0.6) is 0 Å². The molecule has 0 radical (unpaired) electrons. The minimum atomic E-state index is -0.233. The summed E-state index contributed by atoms with van der Waals surface area (Å²) in [4.78, 5) is 3.99. The molecule has 1 aromatic carbocycles. The van der Waals surface area contributed by atoms with E-state index in [0.29, 0.717) is 11.1 Å². The normalized spacial score (nSPS) is 12.6. The van der Waals surface area contributed by atoms with Crippen LogP contribution in [-0.2, 0) is 0 Å². The van der Waals surface area contributed by atoms with E-state index in [0.717, 1.165) is 5.56 Å². The van der Waals surface area contributed by atoms with Gasteiger partial charge in [0.25, 0.3) is 0 Å². The number of thioether (sulfide) groups is 1. The molecule has 0 aliphatic carbocycles. The zero-order valence-electron chi connectivity index (χ0n) is 8.64. The van der Waals surface area contributed by atoms with Crippen molar-refractivity contribution in [3.63, 3.8) is 0 Å². The van der Waals surface area contributed by atoms with Crippen molar-refractivity contribution in [1.82, 2.24) is 15.2 Å². The molecule has 2 aromatic rings. The fourth-order valence-corrected chi connectivity index (χ4v) is 2.13. The Morgan fingerprint density at radius 1 is 1.38 bits per heavy atom. The second kappa shape index (κ2) is 4.52. The highest BCUT2D eigenvalue weighted by Crippen LogP contribution is 2.32. The number of H-pyrrole nitrogens is 1. The van der Waals surface area contributed by atoms with Crippen LogP contribution in [0.4, 0.5) is 10.3 Å². The van der Waals surface area contributed by atoms with Gasteiger partial charge in [0, 0.05) is 5.25 Å². The van der Waals surface area contributed by atoms with Gasteiger partial charge in [-0.15, -0.1) is 5.10 Å². The second-order valence-electron chi connectivity index (χ2n) is 3.31. The van der Waals surface area contributed by atoms with Crippen LogP contribution in [0.15, 0.2) is 29.4 Å². The van der Waals surface area contributed by atoms with Gasteiger partial charge in [-0.25, -0.2) is 9.49 Å². The maximum Gasteiger partial charge on any atom is 0.216 e. The Morgan fingerprint density at radius 3 is 2.62 bits per heavy atom. The molecule has 1 atom stereocenters. The van der Waals surface area contributed by atoms with E-state index in [1.54, 1.807) is 12.1 Å². The van der Waals surface area contributed by atoms with Gasteiger partial charge in [0.05, 0.1) is 0 Å². The van der Waals surface area contributed by atoms with Gasteiger partial charge in [-0.05, 0) is 24.6 Å². The lowest BCUT2D eigenvalue weighted by Crippen LogP contribution is -1.90. The predicted molar refractivity (Wildman–Crippen MR) is 61.5 cm³/mol. The van der Waals surface area contributed by atoms with E-state index in [9.17, 15) is 4.39 Å². The van der Waals surface area contributed by atoms with Crippen LogP contribution in [0.25, 0.3) is 0 Å². The van der Waals surface area contributed by atoms with E-state index in [1.165, 1.54) is 23.9 Å². The average molecular weight is 238 g/mol. The zero-order valence-corrected chi connectivity index (χ0v) is 9.46. The van der Waals surface area contributed by atoms with Gasteiger partial charge >= 0.3 is 0 Å². The van der Waals surface area contributed by atoms with Crippen LogP contribution in [0, 0.1) is 5.82 Å². The number of nitrogen functional groups attached to an aromatic ring is 1. The van der Waals surface area contributed by atoms with Crippen molar-refractivity contribution >= 4 is 17.7 Å². The molecule has 1 aromatic heterocycles. The van der Waals surface area contributed by atoms with E-state index < -0.39 is 0 Å². The van der Waals surface area contributed by atoms with E-state index in [1.807, 2.05) is 6.92 Å². The minimum Gasteiger partial charge on any atom is -0.368 e. The van der Waals surface area contributed by atoms with Crippen molar-refractivity contribution in [3.05, 3.63) is 35.6 Å². The van der Waals surface area contributed by atoms with Crippen molar-refractivity contribution in [1.29, 1.82) is 0 Å². The molecule has 0 fully saturated rings. The SMILES string of the molecule is C[C@H](Sc1n[nH]c(N)n1)c1ccc(F)cc1. The molecule has 84 valence electrons. The summed E-state index contributed by atoms with van der Waals surface area (Å²) in [6.45, 7) is 2.00. The summed E-state index contributed by atoms with van der Waals surface area (Å²) in [5.41, 5.74) is 6.44. The van der Waals surface area contributed by atoms with Crippen LogP contribution in [-0.4, -0.2) is 15.2 Å². The summed E-state index contributed by atoms with van der Waals surface area (Å²) in [5, 5.41) is 7.24. The number of nitrogens with zero attached hydrogens (tertiary/aromatic N) is 2. The number of hydrogen-bond acceptors (Lipinski definition) is 4. The van der Waals surface area contributed by atoms with Crippen molar-refractivity contribution < 1.29 is 4.39 Å². The third-order valence-electron chi connectivity index (χ3n) is 2.10. The Bertz CT molecular complexity index is 468. The summed E-state index contributed by atoms with van der Waals surface area (Å²) in [5.74, 6) is 0.0666. The quantitative estimate of drug-likeness (QED) is 0.806. The Labute approximate surface area is 96.5 Å². The predicted octanol–water partition coefficient (Wildman–Crippen LogP) is 2.38. The van der Waals surface area contributed by atoms with Crippen LogP contribution < -0.4 is 5.73 Å². The molecule has 16 heavy (non-hydrogen) atoms. The van der Waals surface area contributed by atoms with E-state index in [-0.39, 0.29) is 11.1 Å². The lowest BCUT2D eigenvalue weighted by molar-refractivity contribution is 0.627. The van der Waals surface area contributed by atoms with E-state index >= 15 is 0 Å². The van der Waals surface area contributed by atoms with Crippen molar-refractivity contribution in [3.8, 4) is 0 Å². The molecule has 4 nitrogen and oxygen atoms in total. The van der Waals surface area contributed by atoms with E-state index in [4.69, 9.17) is 5.73 Å². The van der Waals surface area contributed by atoms with Gasteiger partial charge in [-0.3, -0.25) is 0 Å². The third kappa shape index (κ3) is 2.52. The number of hydrogen-bond donors (Lipinski definition) is 2. The second-order valence-corrected chi connectivity index (χ2v) is 4.62. The first-order valence-corrected chi connectivity index (χ1v) is 5.63. The molecule has 0 aliphatic heterocycles. The Morgan fingerprint density at radius 2 is 2.06 bits per heavy atom. The van der Waals surface area contributed by atoms with Gasteiger partial charge in [-0.1, -0.05) is 23.9 Å². The number of aromatic nitrogens is 3. The number of halogens is 1. The summed E-state index contributed by atoms with van der Waals surface area (Å²) < 4.78 is 12.7. The van der Waals surface area contributed by atoms with Crippen LogP contribution >= 0.6 is 11.8 Å². The van der Waals surface area contributed by atoms with Crippen LogP contribution in [0.2, 0.25) is 0 Å². The lowest BCUT2D eigenvalue weighted by atomic mass is 10.2. The maximum absolute atomic E-state index is 12.7. The minimum absolute atomic E-state index is 0.149. The Kier molecular flexibility index (Phi) is 3.09. The number of nitrogens with two attached hydrogens (primary N) is 1. The Hall–Kier alpha value is -1.56. The average Bonchev–Trinajstić information content (AvgIpc) is 2.65. The van der Waals surface area contributed by atoms with Gasteiger partial charge in [-0.2, -0.15) is 4.98 Å². The fraction of sp³-hybridized carbons (Fsp3) is 0.200. The number of benzene rings is 1. The Balaban J connectivity index is 2.08. The standard InChI is InChI=1S/C10H11FN4S/c1-6(7-2-4-8(11)5-3-7)16-10-13-9(12)14-15-10/h2-6H,1H3,(H3,12,13,14,15)/t6-/m0/s1. The molecule has 2 rings (SSSR count). The molecule has 0 aliphatic rings. The highest BCUT2D eigenvalue weighted by molar-refractivity contribution is 7.99.